The van der Waals surface area contributed by atoms with Crippen molar-refractivity contribution in [3.05, 3.63) is 182 Å². The van der Waals surface area contributed by atoms with Crippen LogP contribution in [-0.2, 0) is 0 Å². The van der Waals surface area contributed by atoms with Crippen LogP contribution < -0.4 is 0 Å². The smallest absolute Gasteiger partial charge is 0.0551 e. The summed E-state index contributed by atoms with van der Waals surface area (Å²) in [6, 6.07) is 67.0. The SMILES string of the molecule is c1cc(-c2ccc3[nH]c4c5ccccc5c5ccccc5c4c3c2)cc(-c2c3ccccc3c(-c3ccc4ccccc4c3)c3ccccc23)c1. The third-order valence-electron chi connectivity index (χ3n) is 10.9. The van der Waals surface area contributed by atoms with Gasteiger partial charge >= 0.3 is 0 Å². The highest BCUT2D eigenvalue weighted by atomic mass is 14.7. The summed E-state index contributed by atoms with van der Waals surface area (Å²) >= 11 is 0. The maximum atomic E-state index is 3.80. The van der Waals surface area contributed by atoms with Crippen molar-refractivity contribution in [1.29, 1.82) is 0 Å². The van der Waals surface area contributed by atoms with Gasteiger partial charge in [0.2, 0.25) is 0 Å². The molecule has 0 spiro atoms. The van der Waals surface area contributed by atoms with E-state index in [-0.39, 0.29) is 0 Å². The van der Waals surface area contributed by atoms with Gasteiger partial charge in [-0.3, -0.25) is 0 Å². The van der Waals surface area contributed by atoms with E-state index in [9.17, 15) is 0 Å². The highest BCUT2D eigenvalue weighted by molar-refractivity contribution is 6.31. The molecule has 0 radical (unpaired) electrons. The van der Waals surface area contributed by atoms with E-state index in [2.05, 4.69) is 187 Å². The molecular formula is C50H31N. The number of benzene rings is 10. The molecular weight excluding hydrogens is 615 g/mol. The van der Waals surface area contributed by atoms with Crippen LogP contribution in [0.3, 0.4) is 0 Å². The summed E-state index contributed by atoms with van der Waals surface area (Å²) in [5.74, 6) is 0. The van der Waals surface area contributed by atoms with E-state index in [0.29, 0.717) is 0 Å². The monoisotopic (exact) mass is 645 g/mol. The molecule has 0 unspecified atom stereocenters. The zero-order valence-electron chi connectivity index (χ0n) is 27.8. The van der Waals surface area contributed by atoms with E-state index in [4.69, 9.17) is 0 Å². The number of aromatic nitrogens is 1. The molecule has 0 aliphatic heterocycles. The van der Waals surface area contributed by atoms with Crippen LogP contribution in [0.4, 0.5) is 0 Å². The van der Waals surface area contributed by atoms with Crippen LogP contribution >= 0.6 is 0 Å². The zero-order valence-corrected chi connectivity index (χ0v) is 27.8. The molecule has 0 aliphatic rings. The maximum Gasteiger partial charge on any atom is 0.0551 e. The standard InChI is InChI=1S/C50H31N/c1-2-13-32-28-36(25-24-31(32)12-1)48-42-21-8-6-19-40(42)47(41-20-7-9-22-43(41)48)35-15-11-14-33(29-35)34-26-27-46-45(30-34)49-39-18-5-3-16-37(39)38-17-4-10-23-44(38)50(49)51-46/h1-30,51H. The van der Waals surface area contributed by atoms with Gasteiger partial charge in [-0.15, -0.1) is 0 Å². The summed E-state index contributed by atoms with van der Waals surface area (Å²) in [4.78, 5) is 3.80. The summed E-state index contributed by atoms with van der Waals surface area (Å²) in [7, 11) is 0. The van der Waals surface area contributed by atoms with Gasteiger partial charge in [-0.2, -0.15) is 0 Å². The van der Waals surface area contributed by atoms with E-state index < -0.39 is 0 Å². The van der Waals surface area contributed by atoms with Gasteiger partial charge < -0.3 is 4.98 Å². The first-order valence-electron chi connectivity index (χ1n) is 17.7. The molecule has 0 bridgehead atoms. The Morgan fingerprint density at radius 1 is 0.275 bits per heavy atom. The van der Waals surface area contributed by atoms with Gasteiger partial charge in [-0.25, -0.2) is 0 Å². The van der Waals surface area contributed by atoms with E-state index in [1.165, 1.54) is 104 Å². The average molecular weight is 646 g/mol. The summed E-state index contributed by atoms with van der Waals surface area (Å²) in [5.41, 5.74) is 9.82. The van der Waals surface area contributed by atoms with Crippen molar-refractivity contribution >= 4 is 75.7 Å². The van der Waals surface area contributed by atoms with Crippen molar-refractivity contribution in [2.75, 3.05) is 0 Å². The third kappa shape index (κ3) is 4.22. The van der Waals surface area contributed by atoms with Crippen LogP contribution in [0, 0.1) is 0 Å². The predicted molar refractivity (Wildman–Crippen MR) is 220 cm³/mol. The Balaban J connectivity index is 1.13. The maximum absolute atomic E-state index is 3.80. The lowest BCUT2D eigenvalue weighted by Crippen LogP contribution is -1.91. The lowest BCUT2D eigenvalue weighted by Gasteiger charge is -2.18. The average Bonchev–Trinajstić information content (AvgIpc) is 3.59. The summed E-state index contributed by atoms with van der Waals surface area (Å²) in [6.45, 7) is 0. The molecule has 1 N–H and O–H groups in total. The first kappa shape index (κ1) is 28.2. The summed E-state index contributed by atoms with van der Waals surface area (Å²) < 4.78 is 0. The molecule has 10 aromatic carbocycles. The number of hydrogen-bond acceptors (Lipinski definition) is 0. The Bertz CT molecular complexity index is 3140. The highest BCUT2D eigenvalue weighted by Gasteiger charge is 2.18. The largest absolute Gasteiger partial charge is 0.354 e. The Morgan fingerprint density at radius 3 is 1.45 bits per heavy atom. The number of rotatable bonds is 3. The van der Waals surface area contributed by atoms with E-state index in [1.807, 2.05) is 0 Å². The minimum absolute atomic E-state index is 1.16. The number of hydrogen-bond donors (Lipinski definition) is 1. The molecule has 51 heavy (non-hydrogen) atoms. The Labute approximate surface area is 295 Å². The number of fused-ring (bicyclic) bond motifs is 11. The van der Waals surface area contributed by atoms with E-state index in [1.54, 1.807) is 0 Å². The fourth-order valence-electron chi connectivity index (χ4n) is 8.67. The molecule has 0 aliphatic carbocycles. The van der Waals surface area contributed by atoms with Crippen molar-refractivity contribution in [2.45, 2.75) is 0 Å². The number of aromatic amines is 1. The topological polar surface area (TPSA) is 15.8 Å². The Morgan fingerprint density at radius 2 is 0.765 bits per heavy atom. The first-order valence-corrected chi connectivity index (χ1v) is 17.7. The first-order chi connectivity index (χ1) is 25.3. The van der Waals surface area contributed by atoms with Crippen molar-refractivity contribution < 1.29 is 0 Å². The molecule has 11 rings (SSSR count). The fraction of sp³-hybridized carbons (Fsp3) is 0. The molecule has 1 nitrogen and oxygen atoms in total. The van der Waals surface area contributed by atoms with Gasteiger partial charge in [0.05, 0.1) is 5.52 Å². The fourth-order valence-corrected chi connectivity index (χ4v) is 8.67. The van der Waals surface area contributed by atoms with Crippen LogP contribution in [0.25, 0.3) is 109 Å². The van der Waals surface area contributed by atoms with Crippen molar-refractivity contribution in [1.82, 2.24) is 4.98 Å². The van der Waals surface area contributed by atoms with E-state index in [0.717, 1.165) is 5.52 Å². The summed E-state index contributed by atoms with van der Waals surface area (Å²) in [5, 5.41) is 15.3. The second-order valence-electron chi connectivity index (χ2n) is 13.7. The molecule has 236 valence electrons. The highest BCUT2D eigenvalue weighted by Crippen LogP contribution is 2.45. The minimum atomic E-state index is 1.16. The van der Waals surface area contributed by atoms with Gasteiger partial charge in [0.25, 0.3) is 0 Å². The molecule has 0 fully saturated rings. The van der Waals surface area contributed by atoms with Gasteiger partial charge in [-0.1, -0.05) is 158 Å². The van der Waals surface area contributed by atoms with E-state index >= 15 is 0 Å². The lowest BCUT2D eigenvalue weighted by molar-refractivity contribution is 1.56. The Hall–Kier alpha value is -6.70. The van der Waals surface area contributed by atoms with Gasteiger partial charge in [0, 0.05) is 21.7 Å². The lowest BCUT2D eigenvalue weighted by atomic mass is 9.85. The van der Waals surface area contributed by atoms with Crippen LogP contribution in [0.5, 0.6) is 0 Å². The number of nitrogens with one attached hydrogen (secondary N) is 1. The molecule has 0 amide bonds. The van der Waals surface area contributed by atoms with Crippen LogP contribution in [0.15, 0.2) is 182 Å². The third-order valence-corrected chi connectivity index (χ3v) is 10.9. The molecule has 0 atom stereocenters. The van der Waals surface area contributed by atoms with Gasteiger partial charge in [0.15, 0.2) is 0 Å². The molecule has 0 saturated carbocycles. The quantitative estimate of drug-likeness (QED) is 0.145. The van der Waals surface area contributed by atoms with Crippen LogP contribution in [0.2, 0.25) is 0 Å². The minimum Gasteiger partial charge on any atom is -0.354 e. The second-order valence-corrected chi connectivity index (χ2v) is 13.7. The van der Waals surface area contributed by atoms with Gasteiger partial charge in [0.1, 0.15) is 0 Å². The van der Waals surface area contributed by atoms with Crippen LogP contribution in [-0.4, -0.2) is 4.98 Å². The predicted octanol–water partition coefficient (Wildman–Crippen LogP) is 14.1. The van der Waals surface area contributed by atoms with Crippen LogP contribution in [0.1, 0.15) is 0 Å². The van der Waals surface area contributed by atoms with Gasteiger partial charge in [-0.05, 0) is 106 Å². The van der Waals surface area contributed by atoms with Crippen molar-refractivity contribution in [2.24, 2.45) is 0 Å². The normalized spacial score (nSPS) is 11.9. The van der Waals surface area contributed by atoms with Crippen molar-refractivity contribution in [3.63, 3.8) is 0 Å². The molecule has 1 aromatic heterocycles. The zero-order chi connectivity index (χ0) is 33.5. The Kier molecular flexibility index (Phi) is 6.02. The molecule has 0 saturated heterocycles. The van der Waals surface area contributed by atoms with Crippen molar-refractivity contribution in [3.8, 4) is 33.4 Å². The summed E-state index contributed by atoms with van der Waals surface area (Å²) in [6.07, 6.45) is 0. The molecule has 1 heterocycles. The molecule has 11 aromatic rings. The number of H-pyrrole nitrogens is 1. The second kappa shape index (κ2) is 10.9. The molecule has 1 heteroatoms.